The van der Waals surface area contributed by atoms with Gasteiger partial charge in [0.05, 0.1) is 25.4 Å². The number of ketones is 1. The minimum atomic E-state index is -1.18. The highest BCUT2D eigenvalue weighted by molar-refractivity contribution is 7.12. The molecule has 0 aliphatic rings. The molecule has 0 saturated carbocycles. The Morgan fingerprint density at radius 3 is 2.93 bits per heavy atom. The van der Waals surface area contributed by atoms with Crippen LogP contribution in [0.2, 0.25) is 0 Å². The van der Waals surface area contributed by atoms with Crippen molar-refractivity contribution >= 4 is 28.0 Å². The molecular weight excluding hydrogens is 366 g/mol. The van der Waals surface area contributed by atoms with Crippen molar-refractivity contribution in [1.29, 1.82) is 0 Å². The molecule has 2 aromatic heterocycles. The molecule has 0 aliphatic heterocycles. The number of aliphatic hydroxyl groups excluding tert-OH is 1. The third-order valence-electron chi connectivity index (χ3n) is 3.99. The SMILES string of the molecule is CN(C)CCOCCOC(O)c1csc(C(=O)c2c[nH]c3ccccc23)n1. The summed E-state index contributed by atoms with van der Waals surface area (Å²) in [5, 5.41) is 12.9. The molecule has 27 heavy (non-hydrogen) atoms. The van der Waals surface area contributed by atoms with Crippen LogP contribution in [-0.4, -0.2) is 66.2 Å². The molecule has 1 aromatic carbocycles. The zero-order valence-electron chi connectivity index (χ0n) is 15.3. The number of aromatic amines is 1. The van der Waals surface area contributed by atoms with Crippen molar-refractivity contribution in [3.05, 3.63) is 52.1 Å². The van der Waals surface area contributed by atoms with Crippen molar-refractivity contribution in [3.8, 4) is 0 Å². The number of aromatic nitrogens is 2. The Hall–Kier alpha value is -2.10. The van der Waals surface area contributed by atoms with Gasteiger partial charge in [0.2, 0.25) is 5.78 Å². The minimum absolute atomic E-state index is 0.178. The molecule has 144 valence electrons. The van der Waals surface area contributed by atoms with Crippen LogP contribution in [0.5, 0.6) is 0 Å². The van der Waals surface area contributed by atoms with E-state index in [1.54, 1.807) is 11.6 Å². The van der Waals surface area contributed by atoms with Gasteiger partial charge in [-0.15, -0.1) is 11.3 Å². The summed E-state index contributed by atoms with van der Waals surface area (Å²) in [4.78, 5) is 22.1. The first-order valence-corrected chi connectivity index (χ1v) is 9.52. The fraction of sp³-hybridized carbons (Fsp3) is 0.368. The number of thiazole rings is 1. The molecule has 7 nitrogen and oxygen atoms in total. The lowest BCUT2D eigenvalue weighted by atomic mass is 10.1. The molecule has 0 amide bonds. The highest BCUT2D eigenvalue weighted by Gasteiger charge is 2.20. The summed E-state index contributed by atoms with van der Waals surface area (Å²) in [5.74, 6) is -0.178. The second-order valence-electron chi connectivity index (χ2n) is 6.29. The van der Waals surface area contributed by atoms with E-state index in [9.17, 15) is 9.90 Å². The van der Waals surface area contributed by atoms with E-state index in [1.165, 1.54) is 11.3 Å². The number of benzene rings is 1. The number of nitrogens with zero attached hydrogens (tertiary/aromatic N) is 2. The Kier molecular flexibility index (Phi) is 6.70. The highest BCUT2D eigenvalue weighted by atomic mass is 32.1. The Morgan fingerprint density at radius 1 is 1.30 bits per heavy atom. The van der Waals surface area contributed by atoms with Gasteiger partial charge in [-0.1, -0.05) is 18.2 Å². The zero-order valence-corrected chi connectivity index (χ0v) is 16.2. The lowest BCUT2D eigenvalue weighted by Gasteiger charge is -2.11. The molecule has 0 spiro atoms. The number of fused-ring (bicyclic) bond motifs is 1. The number of hydrogen-bond donors (Lipinski definition) is 2. The van der Waals surface area contributed by atoms with Crippen LogP contribution in [0.3, 0.4) is 0 Å². The lowest BCUT2D eigenvalue weighted by Crippen LogP contribution is -2.19. The van der Waals surface area contributed by atoms with Gasteiger partial charge in [0.25, 0.3) is 0 Å². The summed E-state index contributed by atoms with van der Waals surface area (Å²) in [6, 6.07) is 7.60. The average Bonchev–Trinajstić information content (AvgIpc) is 3.31. The molecule has 0 radical (unpaired) electrons. The molecule has 3 rings (SSSR count). The maximum absolute atomic E-state index is 12.7. The second-order valence-corrected chi connectivity index (χ2v) is 7.15. The van der Waals surface area contributed by atoms with Gasteiger partial charge in [-0.25, -0.2) is 4.98 Å². The summed E-state index contributed by atoms with van der Waals surface area (Å²) >= 11 is 1.19. The van der Waals surface area contributed by atoms with E-state index < -0.39 is 6.29 Å². The van der Waals surface area contributed by atoms with Gasteiger partial charge in [-0.3, -0.25) is 4.79 Å². The van der Waals surface area contributed by atoms with Gasteiger partial charge in [0.1, 0.15) is 5.69 Å². The van der Waals surface area contributed by atoms with Crippen molar-refractivity contribution in [2.24, 2.45) is 0 Å². The molecule has 0 bridgehead atoms. The number of ether oxygens (including phenoxy) is 2. The Morgan fingerprint density at radius 2 is 2.11 bits per heavy atom. The van der Waals surface area contributed by atoms with Crippen LogP contribution in [-0.2, 0) is 9.47 Å². The van der Waals surface area contributed by atoms with Crippen molar-refractivity contribution in [2.75, 3.05) is 40.5 Å². The van der Waals surface area contributed by atoms with Crippen LogP contribution in [0, 0.1) is 0 Å². The Labute approximate surface area is 161 Å². The van der Waals surface area contributed by atoms with Crippen LogP contribution in [0.4, 0.5) is 0 Å². The maximum Gasteiger partial charge on any atom is 0.223 e. The van der Waals surface area contributed by atoms with Crippen LogP contribution in [0.25, 0.3) is 10.9 Å². The zero-order chi connectivity index (χ0) is 19.2. The lowest BCUT2D eigenvalue weighted by molar-refractivity contribution is -0.118. The van der Waals surface area contributed by atoms with Gasteiger partial charge < -0.3 is 24.5 Å². The first-order valence-electron chi connectivity index (χ1n) is 8.64. The molecule has 1 atom stereocenters. The van der Waals surface area contributed by atoms with Crippen molar-refractivity contribution in [3.63, 3.8) is 0 Å². The normalized spacial score (nSPS) is 12.7. The largest absolute Gasteiger partial charge is 0.378 e. The molecule has 1 unspecified atom stereocenters. The topological polar surface area (TPSA) is 87.7 Å². The number of hydrogen-bond acceptors (Lipinski definition) is 7. The number of para-hydroxylation sites is 1. The standard InChI is InChI=1S/C19H23N3O4S/c1-22(2)7-8-25-9-10-26-19(24)16-12-27-18(21-16)17(23)14-11-20-15-6-4-3-5-13(14)15/h3-6,11-12,19-20,24H,7-10H2,1-2H3. The van der Waals surface area contributed by atoms with Gasteiger partial charge in [-0.2, -0.15) is 0 Å². The van der Waals surface area contributed by atoms with E-state index in [0.717, 1.165) is 17.4 Å². The van der Waals surface area contributed by atoms with Gasteiger partial charge in [-0.05, 0) is 20.2 Å². The molecule has 8 heteroatoms. The van der Waals surface area contributed by atoms with Gasteiger partial charge in [0.15, 0.2) is 11.3 Å². The van der Waals surface area contributed by atoms with E-state index in [4.69, 9.17) is 9.47 Å². The number of carbonyl (C=O) groups is 1. The molecular formula is C19H23N3O4S. The van der Waals surface area contributed by atoms with Crippen molar-refractivity contribution in [2.45, 2.75) is 6.29 Å². The fourth-order valence-corrected chi connectivity index (χ4v) is 3.31. The Balaban J connectivity index is 1.55. The first-order chi connectivity index (χ1) is 13.1. The number of likely N-dealkylation sites (N-methyl/N-ethyl adjacent to an activating group) is 1. The predicted octanol–water partition coefficient (Wildman–Crippen LogP) is 2.44. The fourth-order valence-electron chi connectivity index (χ4n) is 2.53. The van der Waals surface area contributed by atoms with E-state index in [0.29, 0.717) is 29.5 Å². The summed E-state index contributed by atoms with van der Waals surface area (Å²) in [5.41, 5.74) is 1.79. The maximum atomic E-state index is 12.7. The monoisotopic (exact) mass is 389 g/mol. The van der Waals surface area contributed by atoms with Crippen molar-refractivity contribution in [1.82, 2.24) is 14.9 Å². The van der Waals surface area contributed by atoms with Crippen LogP contribution < -0.4 is 0 Å². The third kappa shape index (κ3) is 5.00. The highest BCUT2D eigenvalue weighted by Crippen LogP contribution is 2.24. The number of nitrogens with one attached hydrogen (secondary N) is 1. The average molecular weight is 389 g/mol. The Bertz CT molecular complexity index is 890. The quantitative estimate of drug-likeness (QED) is 0.315. The van der Waals surface area contributed by atoms with E-state index in [2.05, 4.69) is 9.97 Å². The molecule has 2 N–H and O–H groups in total. The van der Waals surface area contributed by atoms with E-state index in [1.807, 2.05) is 43.3 Å². The number of carbonyl (C=O) groups excluding carboxylic acids is 1. The van der Waals surface area contributed by atoms with E-state index >= 15 is 0 Å². The van der Waals surface area contributed by atoms with E-state index in [-0.39, 0.29) is 12.4 Å². The molecule has 0 aliphatic carbocycles. The van der Waals surface area contributed by atoms with Crippen LogP contribution in [0.15, 0.2) is 35.8 Å². The third-order valence-corrected chi connectivity index (χ3v) is 4.85. The van der Waals surface area contributed by atoms with Crippen LogP contribution in [0.1, 0.15) is 27.3 Å². The van der Waals surface area contributed by atoms with Crippen molar-refractivity contribution < 1.29 is 19.4 Å². The predicted molar refractivity (Wildman–Crippen MR) is 104 cm³/mol. The number of rotatable bonds is 10. The smallest absolute Gasteiger partial charge is 0.223 e. The summed E-state index contributed by atoms with van der Waals surface area (Å²) in [6.07, 6.45) is 0.509. The molecule has 0 saturated heterocycles. The first kappa shape index (κ1) is 19.7. The van der Waals surface area contributed by atoms with Gasteiger partial charge in [0, 0.05) is 29.0 Å². The molecule has 0 fully saturated rings. The number of H-pyrrole nitrogens is 1. The second kappa shape index (κ2) is 9.20. The number of aliphatic hydroxyl groups is 1. The van der Waals surface area contributed by atoms with Gasteiger partial charge >= 0.3 is 0 Å². The minimum Gasteiger partial charge on any atom is -0.378 e. The summed E-state index contributed by atoms with van der Waals surface area (Å²) < 4.78 is 10.7. The summed E-state index contributed by atoms with van der Waals surface area (Å²) in [6.45, 7) is 2.06. The molecule has 3 aromatic rings. The molecule has 2 heterocycles. The van der Waals surface area contributed by atoms with Crippen LogP contribution >= 0.6 is 11.3 Å². The summed E-state index contributed by atoms with van der Waals surface area (Å²) in [7, 11) is 3.95.